The molecule has 2 N–H and O–H groups in total. The Kier molecular flexibility index (Phi) is 5.58. The zero-order valence-electron chi connectivity index (χ0n) is 10.4. The highest BCUT2D eigenvalue weighted by atomic mass is 16.5. The van der Waals surface area contributed by atoms with E-state index in [1.807, 2.05) is 0 Å². The first kappa shape index (κ1) is 12.9. The van der Waals surface area contributed by atoms with Crippen molar-refractivity contribution in [3.8, 4) is 0 Å². The maximum Gasteiger partial charge on any atom is 0.0509 e. The van der Waals surface area contributed by atoms with Gasteiger partial charge in [-0.3, -0.25) is 4.90 Å². The van der Waals surface area contributed by atoms with Gasteiger partial charge in [-0.1, -0.05) is 6.92 Å². The standard InChI is InChI=1S/C12H26N2O/c1-4-10(2)14(3)12(8-13)11-6-5-7-15-9-11/h10-12H,4-9,13H2,1-3H3. The van der Waals surface area contributed by atoms with Crippen LogP contribution in [0.4, 0.5) is 0 Å². The highest BCUT2D eigenvalue weighted by Crippen LogP contribution is 2.22. The lowest BCUT2D eigenvalue weighted by molar-refractivity contribution is 0.00876. The second-order valence-electron chi connectivity index (χ2n) is 4.70. The molecule has 0 amide bonds. The van der Waals surface area contributed by atoms with E-state index < -0.39 is 0 Å². The number of nitrogens with zero attached hydrogens (tertiary/aromatic N) is 1. The van der Waals surface area contributed by atoms with Gasteiger partial charge in [0.15, 0.2) is 0 Å². The monoisotopic (exact) mass is 214 g/mol. The van der Waals surface area contributed by atoms with Gasteiger partial charge in [0.2, 0.25) is 0 Å². The Morgan fingerprint density at radius 2 is 2.27 bits per heavy atom. The zero-order chi connectivity index (χ0) is 11.3. The summed E-state index contributed by atoms with van der Waals surface area (Å²) in [5.41, 5.74) is 5.90. The van der Waals surface area contributed by atoms with E-state index in [-0.39, 0.29) is 0 Å². The summed E-state index contributed by atoms with van der Waals surface area (Å²) < 4.78 is 5.55. The molecule has 3 unspecified atom stereocenters. The highest BCUT2D eigenvalue weighted by Gasteiger charge is 2.27. The minimum absolute atomic E-state index is 0.486. The first-order valence-corrected chi connectivity index (χ1v) is 6.20. The van der Waals surface area contributed by atoms with Crippen molar-refractivity contribution in [1.29, 1.82) is 0 Å². The summed E-state index contributed by atoms with van der Waals surface area (Å²) in [5.74, 6) is 0.628. The molecule has 15 heavy (non-hydrogen) atoms. The van der Waals surface area contributed by atoms with E-state index in [1.54, 1.807) is 0 Å². The van der Waals surface area contributed by atoms with E-state index in [1.165, 1.54) is 19.3 Å². The molecule has 1 aliphatic heterocycles. The number of hydrogen-bond acceptors (Lipinski definition) is 3. The number of nitrogens with two attached hydrogens (primary N) is 1. The predicted octanol–water partition coefficient (Wildman–Crippen LogP) is 1.47. The molecule has 1 saturated heterocycles. The Morgan fingerprint density at radius 3 is 2.73 bits per heavy atom. The average Bonchev–Trinajstić information content (AvgIpc) is 2.30. The third-order valence-electron chi connectivity index (χ3n) is 3.79. The molecule has 3 heteroatoms. The van der Waals surface area contributed by atoms with Crippen molar-refractivity contribution in [2.24, 2.45) is 11.7 Å². The van der Waals surface area contributed by atoms with E-state index in [4.69, 9.17) is 10.5 Å². The van der Waals surface area contributed by atoms with Gasteiger partial charge in [-0.25, -0.2) is 0 Å². The Morgan fingerprint density at radius 1 is 1.53 bits per heavy atom. The maximum atomic E-state index is 5.90. The second kappa shape index (κ2) is 6.46. The molecule has 3 nitrogen and oxygen atoms in total. The molecule has 1 fully saturated rings. The van der Waals surface area contributed by atoms with Gasteiger partial charge in [-0.15, -0.1) is 0 Å². The van der Waals surface area contributed by atoms with Crippen LogP contribution in [0.2, 0.25) is 0 Å². The van der Waals surface area contributed by atoms with Crippen molar-refractivity contribution in [3.05, 3.63) is 0 Å². The van der Waals surface area contributed by atoms with Crippen molar-refractivity contribution in [1.82, 2.24) is 4.90 Å². The largest absolute Gasteiger partial charge is 0.381 e. The quantitative estimate of drug-likeness (QED) is 0.753. The third kappa shape index (κ3) is 3.44. The maximum absolute atomic E-state index is 5.90. The Balaban J connectivity index is 2.52. The zero-order valence-corrected chi connectivity index (χ0v) is 10.4. The summed E-state index contributed by atoms with van der Waals surface area (Å²) >= 11 is 0. The first-order chi connectivity index (χ1) is 7.20. The van der Waals surface area contributed by atoms with E-state index in [2.05, 4.69) is 25.8 Å². The van der Waals surface area contributed by atoms with Crippen molar-refractivity contribution in [3.63, 3.8) is 0 Å². The molecule has 1 heterocycles. The van der Waals surface area contributed by atoms with Gasteiger partial charge in [-0.05, 0) is 39.2 Å². The Bertz CT molecular complexity index is 167. The lowest BCUT2D eigenvalue weighted by atomic mass is 9.92. The molecule has 0 aromatic carbocycles. The molecule has 0 bridgehead atoms. The van der Waals surface area contributed by atoms with Crippen LogP contribution in [0.15, 0.2) is 0 Å². The number of likely N-dealkylation sites (N-methyl/N-ethyl adjacent to an activating group) is 1. The minimum atomic E-state index is 0.486. The van der Waals surface area contributed by atoms with Gasteiger partial charge in [0.05, 0.1) is 6.61 Å². The van der Waals surface area contributed by atoms with Crippen molar-refractivity contribution in [2.45, 2.75) is 45.2 Å². The van der Waals surface area contributed by atoms with Gasteiger partial charge in [0, 0.05) is 25.2 Å². The van der Waals surface area contributed by atoms with Crippen LogP contribution >= 0.6 is 0 Å². The fourth-order valence-electron chi connectivity index (χ4n) is 2.38. The number of ether oxygens (including phenoxy) is 1. The Labute approximate surface area is 94.0 Å². The molecule has 0 aliphatic carbocycles. The van der Waals surface area contributed by atoms with Crippen LogP contribution in [0, 0.1) is 5.92 Å². The molecule has 0 saturated carbocycles. The molecule has 3 atom stereocenters. The van der Waals surface area contributed by atoms with Crippen molar-refractivity contribution < 1.29 is 4.74 Å². The van der Waals surface area contributed by atoms with E-state index >= 15 is 0 Å². The topological polar surface area (TPSA) is 38.5 Å². The summed E-state index contributed by atoms with van der Waals surface area (Å²) in [7, 11) is 2.19. The molecule has 0 radical (unpaired) electrons. The minimum Gasteiger partial charge on any atom is -0.381 e. The Hall–Kier alpha value is -0.120. The van der Waals surface area contributed by atoms with Crippen LogP contribution < -0.4 is 5.73 Å². The van der Waals surface area contributed by atoms with Crippen LogP contribution in [-0.2, 0) is 4.74 Å². The number of rotatable bonds is 5. The number of hydrogen-bond donors (Lipinski definition) is 1. The van der Waals surface area contributed by atoms with E-state index in [0.29, 0.717) is 18.0 Å². The molecular formula is C12H26N2O. The van der Waals surface area contributed by atoms with Crippen LogP contribution in [0.3, 0.4) is 0 Å². The van der Waals surface area contributed by atoms with Crippen LogP contribution in [0.5, 0.6) is 0 Å². The van der Waals surface area contributed by atoms with Gasteiger partial charge >= 0.3 is 0 Å². The first-order valence-electron chi connectivity index (χ1n) is 6.20. The summed E-state index contributed by atoms with van der Waals surface area (Å²) in [4.78, 5) is 2.43. The lowest BCUT2D eigenvalue weighted by Crippen LogP contribution is -2.49. The second-order valence-corrected chi connectivity index (χ2v) is 4.70. The smallest absolute Gasteiger partial charge is 0.0509 e. The normalized spacial score (nSPS) is 26.6. The molecule has 1 rings (SSSR count). The third-order valence-corrected chi connectivity index (χ3v) is 3.79. The van der Waals surface area contributed by atoms with Gasteiger partial charge in [-0.2, -0.15) is 0 Å². The van der Waals surface area contributed by atoms with Crippen LogP contribution in [-0.4, -0.2) is 43.8 Å². The molecular weight excluding hydrogens is 188 g/mol. The molecule has 90 valence electrons. The molecule has 1 aliphatic rings. The van der Waals surface area contributed by atoms with Crippen LogP contribution in [0.25, 0.3) is 0 Å². The van der Waals surface area contributed by atoms with Crippen LogP contribution in [0.1, 0.15) is 33.1 Å². The van der Waals surface area contributed by atoms with Gasteiger partial charge in [0.1, 0.15) is 0 Å². The van der Waals surface area contributed by atoms with E-state index in [0.717, 1.165) is 19.8 Å². The summed E-state index contributed by atoms with van der Waals surface area (Å²) in [6, 6.07) is 1.10. The fraction of sp³-hybridized carbons (Fsp3) is 1.00. The van der Waals surface area contributed by atoms with Gasteiger partial charge < -0.3 is 10.5 Å². The van der Waals surface area contributed by atoms with E-state index in [9.17, 15) is 0 Å². The summed E-state index contributed by atoms with van der Waals surface area (Å²) in [6.45, 7) is 7.07. The summed E-state index contributed by atoms with van der Waals surface area (Å²) in [5, 5.41) is 0. The molecule has 0 aromatic rings. The molecule has 0 aromatic heterocycles. The van der Waals surface area contributed by atoms with Crippen molar-refractivity contribution in [2.75, 3.05) is 26.8 Å². The fourth-order valence-corrected chi connectivity index (χ4v) is 2.38. The molecule has 0 spiro atoms. The van der Waals surface area contributed by atoms with Crippen molar-refractivity contribution >= 4 is 0 Å². The average molecular weight is 214 g/mol. The van der Waals surface area contributed by atoms with Gasteiger partial charge in [0.25, 0.3) is 0 Å². The predicted molar refractivity (Wildman–Crippen MR) is 63.9 cm³/mol. The highest BCUT2D eigenvalue weighted by molar-refractivity contribution is 4.82. The summed E-state index contributed by atoms with van der Waals surface area (Å²) in [6.07, 6.45) is 3.64. The SMILES string of the molecule is CCC(C)N(C)C(CN)C1CCCOC1. The lowest BCUT2D eigenvalue weighted by Gasteiger charge is -2.38.